The van der Waals surface area contributed by atoms with Gasteiger partial charge in [-0.15, -0.1) is 0 Å². The second-order valence-electron chi connectivity index (χ2n) is 8.14. The molecule has 0 saturated carbocycles. The molecular weight excluding hydrogens is 431 g/mol. The van der Waals surface area contributed by atoms with Gasteiger partial charge in [0.1, 0.15) is 22.5 Å². The van der Waals surface area contributed by atoms with E-state index in [0.717, 1.165) is 22.5 Å². The third-order valence-electron chi connectivity index (χ3n) is 5.75. The van der Waals surface area contributed by atoms with Crippen LogP contribution < -0.4 is 4.90 Å². The molecule has 0 atom stereocenters. The van der Waals surface area contributed by atoms with Gasteiger partial charge in [-0.3, -0.25) is 15.1 Å². The highest BCUT2D eigenvalue weighted by Crippen LogP contribution is 2.33. The molecule has 0 spiro atoms. The Labute approximate surface area is 193 Å². The van der Waals surface area contributed by atoms with E-state index in [-0.39, 0.29) is 0 Å². The Morgan fingerprint density at radius 1 is 0.941 bits per heavy atom. The zero-order chi connectivity index (χ0) is 23.2. The number of pyridine rings is 3. The van der Waals surface area contributed by atoms with E-state index >= 15 is 4.39 Å². The zero-order valence-electron chi connectivity index (χ0n) is 18.4. The van der Waals surface area contributed by atoms with Crippen LogP contribution in [0.5, 0.6) is 0 Å². The standard InChI is InChI=1S/C25H19FN8/c1-34(2)16-9-15(12-27-13-16)14-10-18-21(19(26)11-14)32-33-23(18)25-30-22-17(6-8-29-24(22)31-25)20-5-3-4-7-28-20/h3-13H,1-2H3,(H,32,33)(H,29,30,31). The first-order valence-corrected chi connectivity index (χ1v) is 10.7. The number of aromatic nitrogens is 7. The Bertz CT molecular complexity index is 1650. The summed E-state index contributed by atoms with van der Waals surface area (Å²) >= 11 is 0. The van der Waals surface area contributed by atoms with Gasteiger partial charge in [0.15, 0.2) is 11.5 Å². The van der Waals surface area contributed by atoms with Crippen molar-refractivity contribution < 1.29 is 4.39 Å². The van der Waals surface area contributed by atoms with Gasteiger partial charge in [-0.2, -0.15) is 5.10 Å². The maximum absolute atomic E-state index is 15.1. The Balaban J connectivity index is 1.51. The van der Waals surface area contributed by atoms with Crippen LogP contribution in [0.25, 0.3) is 56.0 Å². The Hall–Kier alpha value is -4.66. The number of nitrogens with zero attached hydrogens (tertiary/aromatic N) is 6. The first-order chi connectivity index (χ1) is 16.6. The van der Waals surface area contributed by atoms with Gasteiger partial charge in [0.05, 0.1) is 17.6 Å². The molecule has 8 nitrogen and oxygen atoms in total. The van der Waals surface area contributed by atoms with Gasteiger partial charge in [-0.1, -0.05) is 6.07 Å². The maximum atomic E-state index is 15.1. The first-order valence-electron chi connectivity index (χ1n) is 10.7. The summed E-state index contributed by atoms with van der Waals surface area (Å²) in [5.41, 5.74) is 6.19. The second kappa shape index (κ2) is 7.73. The van der Waals surface area contributed by atoms with E-state index in [1.807, 2.05) is 55.4 Å². The predicted molar refractivity (Wildman–Crippen MR) is 130 cm³/mol. The molecule has 1 aromatic carbocycles. The summed E-state index contributed by atoms with van der Waals surface area (Å²) in [7, 11) is 3.88. The van der Waals surface area contributed by atoms with E-state index < -0.39 is 5.82 Å². The average molecular weight is 450 g/mol. The molecule has 0 unspecified atom stereocenters. The van der Waals surface area contributed by atoms with Crippen LogP contribution in [-0.2, 0) is 0 Å². The number of H-pyrrole nitrogens is 2. The topological polar surface area (TPSA) is 99.3 Å². The summed E-state index contributed by atoms with van der Waals surface area (Å²) < 4.78 is 15.1. The summed E-state index contributed by atoms with van der Waals surface area (Å²) in [6.45, 7) is 0. The molecule has 6 rings (SSSR count). The normalized spacial score (nSPS) is 11.4. The molecule has 5 aromatic heterocycles. The molecule has 0 aliphatic rings. The maximum Gasteiger partial charge on any atom is 0.160 e. The number of halogens is 1. The van der Waals surface area contributed by atoms with Crippen molar-refractivity contribution in [3.63, 3.8) is 0 Å². The zero-order valence-corrected chi connectivity index (χ0v) is 18.4. The molecule has 5 heterocycles. The molecule has 0 radical (unpaired) electrons. The molecular formula is C25H19FN8. The van der Waals surface area contributed by atoms with Crippen LogP contribution in [-0.4, -0.2) is 49.2 Å². The fourth-order valence-corrected chi connectivity index (χ4v) is 4.01. The van der Waals surface area contributed by atoms with E-state index in [9.17, 15) is 0 Å². The van der Waals surface area contributed by atoms with Crippen LogP contribution in [0.1, 0.15) is 0 Å². The molecule has 0 bridgehead atoms. The van der Waals surface area contributed by atoms with Gasteiger partial charge in [-0.05, 0) is 42.0 Å². The molecule has 9 heteroatoms. The lowest BCUT2D eigenvalue weighted by molar-refractivity contribution is 0.636. The molecule has 2 N–H and O–H groups in total. The largest absolute Gasteiger partial charge is 0.376 e. The van der Waals surface area contributed by atoms with Gasteiger partial charge in [0.25, 0.3) is 0 Å². The molecule has 6 aromatic rings. The van der Waals surface area contributed by atoms with Crippen LogP contribution in [0.3, 0.4) is 0 Å². The summed E-state index contributed by atoms with van der Waals surface area (Å²) in [4.78, 5) is 23.1. The lowest BCUT2D eigenvalue weighted by Gasteiger charge is -2.13. The lowest BCUT2D eigenvalue weighted by Crippen LogP contribution is -2.08. The quantitative estimate of drug-likeness (QED) is 0.399. The first kappa shape index (κ1) is 20.0. The van der Waals surface area contributed by atoms with Crippen LogP contribution in [0.4, 0.5) is 10.1 Å². The number of nitrogens with one attached hydrogen (secondary N) is 2. The Morgan fingerprint density at radius 2 is 1.85 bits per heavy atom. The van der Waals surface area contributed by atoms with Crippen LogP contribution in [0, 0.1) is 5.82 Å². The summed E-state index contributed by atoms with van der Waals surface area (Å²) in [6, 6.07) is 12.9. The number of benzene rings is 1. The Morgan fingerprint density at radius 3 is 2.68 bits per heavy atom. The van der Waals surface area contributed by atoms with Crippen molar-refractivity contribution in [2.24, 2.45) is 0 Å². The minimum absolute atomic E-state index is 0.314. The van der Waals surface area contributed by atoms with E-state index in [1.165, 1.54) is 6.07 Å². The lowest BCUT2D eigenvalue weighted by atomic mass is 10.0. The summed E-state index contributed by atoms with van der Waals surface area (Å²) in [6.07, 6.45) is 6.93. The number of anilines is 1. The van der Waals surface area contributed by atoms with E-state index in [4.69, 9.17) is 4.98 Å². The number of hydrogen-bond acceptors (Lipinski definition) is 6. The van der Waals surface area contributed by atoms with Gasteiger partial charge in [0.2, 0.25) is 0 Å². The SMILES string of the molecule is CN(C)c1cncc(-c2cc(F)c3[nH]nc(-c4nc5c(-c6ccccn6)ccnc5[nH]4)c3c2)c1. The number of aromatic amines is 2. The van der Waals surface area contributed by atoms with Crippen LogP contribution >= 0.6 is 0 Å². The fraction of sp³-hybridized carbons (Fsp3) is 0.0800. The third kappa shape index (κ3) is 3.25. The molecule has 0 amide bonds. The highest BCUT2D eigenvalue weighted by molar-refractivity contribution is 5.97. The fourth-order valence-electron chi connectivity index (χ4n) is 4.01. The van der Waals surface area contributed by atoms with E-state index in [2.05, 4.69) is 30.1 Å². The van der Waals surface area contributed by atoms with Gasteiger partial charge in [0, 0.05) is 49.2 Å². The van der Waals surface area contributed by atoms with Crippen molar-refractivity contribution in [1.82, 2.24) is 35.1 Å². The van der Waals surface area contributed by atoms with E-state index in [1.54, 1.807) is 24.8 Å². The average Bonchev–Trinajstić information content (AvgIpc) is 3.49. The van der Waals surface area contributed by atoms with Crippen molar-refractivity contribution in [2.45, 2.75) is 0 Å². The van der Waals surface area contributed by atoms with Crippen molar-refractivity contribution >= 4 is 27.8 Å². The van der Waals surface area contributed by atoms with Crippen molar-refractivity contribution in [3.8, 4) is 33.9 Å². The number of imidazole rings is 1. The summed E-state index contributed by atoms with van der Waals surface area (Å²) in [5, 5.41) is 7.81. The smallest absolute Gasteiger partial charge is 0.160 e. The van der Waals surface area contributed by atoms with E-state index in [0.29, 0.717) is 39.1 Å². The molecule has 34 heavy (non-hydrogen) atoms. The molecule has 0 aliphatic heterocycles. The van der Waals surface area contributed by atoms with Crippen LogP contribution in [0.15, 0.2) is 67.3 Å². The number of rotatable bonds is 4. The summed E-state index contributed by atoms with van der Waals surface area (Å²) in [5.74, 6) is 0.0961. The van der Waals surface area contributed by atoms with Crippen molar-refractivity contribution in [3.05, 3.63) is 73.1 Å². The van der Waals surface area contributed by atoms with Crippen LogP contribution in [0.2, 0.25) is 0 Å². The molecule has 166 valence electrons. The number of hydrogen-bond donors (Lipinski definition) is 2. The monoisotopic (exact) mass is 450 g/mol. The number of fused-ring (bicyclic) bond motifs is 2. The van der Waals surface area contributed by atoms with Gasteiger partial charge < -0.3 is 9.88 Å². The van der Waals surface area contributed by atoms with Crippen molar-refractivity contribution in [1.29, 1.82) is 0 Å². The van der Waals surface area contributed by atoms with Crippen molar-refractivity contribution in [2.75, 3.05) is 19.0 Å². The molecule has 0 aliphatic carbocycles. The third-order valence-corrected chi connectivity index (χ3v) is 5.75. The highest BCUT2D eigenvalue weighted by Gasteiger charge is 2.19. The molecule has 0 saturated heterocycles. The Kier molecular flexibility index (Phi) is 4.54. The van der Waals surface area contributed by atoms with Gasteiger partial charge in [-0.25, -0.2) is 14.4 Å². The predicted octanol–water partition coefficient (Wildman–Crippen LogP) is 4.83. The minimum atomic E-state index is -0.398. The minimum Gasteiger partial charge on any atom is -0.376 e. The second-order valence-corrected chi connectivity index (χ2v) is 8.14. The van der Waals surface area contributed by atoms with Gasteiger partial charge >= 0.3 is 0 Å². The highest BCUT2D eigenvalue weighted by atomic mass is 19.1. The molecule has 0 fully saturated rings.